The third-order valence-corrected chi connectivity index (χ3v) is 2.79. The molecule has 0 saturated carbocycles. The van der Waals surface area contributed by atoms with Crippen LogP contribution in [-0.4, -0.2) is 23.1 Å². The summed E-state index contributed by atoms with van der Waals surface area (Å²) in [7, 11) is 0. The number of nitrogens with zero attached hydrogens (tertiary/aromatic N) is 2. The zero-order valence-electron chi connectivity index (χ0n) is 12.7. The van der Waals surface area contributed by atoms with Gasteiger partial charge in [0.15, 0.2) is 5.82 Å². The Morgan fingerprint density at radius 2 is 1.86 bits per heavy atom. The van der Waals surface area contributed by atoms with Gasteiger partial charge in [-0.15, -0.1) is 0 Å². The Kier molecular flexibility index (Phi) is 5.51. The number of anilines is 1. The highest BCUT2D eigenvalue weighted by Gasteiger charge is 2.06. The van der Waals surface area contributed by atoms with E-state index >= 15 is 0 Å². The summed E-state index contributed by atoms with van der Waals surface area (Å²) < 4.78 is 11.2. The third-order valence-electron chi connectivity index (χ3n) is 2.79. The minimum Gasteiger partial charge on any atom is -0.439 e. The smallest absolute Gasteiger partial charge is 0.224 e. The topological polar surface area (TPSA) is 56.3 Å². The summed E-state index contributed by atoms with van der Waals surface area (Å²) in [5, 5.41) is 3.17. The number of aromatic nitrogens is 2. The molecule has 21 heavy (non-hydrogen) atoms. The lowest BCUT2D eigenvalue weighted by molar-refractivity contribution is 0.128. The fourth-order valence-corrected chi connectivity index (χ4v) is 1.78. The number of aryl methyl sites for hydroxylation is 1. The van der Waals surface area contributed by atoms with Crippen molar-refractivity contribution in [2.45, 2.75) is 27.4 Å². The summed E-state index contributed by atoms with van der Waals surface area (Å²) in [5.74, 6) is 2.62. The van der Waals surface area contributed by atoms with Gasteiger partial charge in [-0.05, 0) is 32.9 Å². The van der Waals surface area contributed by atoms with Crippen LogP contribution in [0.1, 0.15) is 25.2 Å². The molecule has 1 aromatic heterocycles. The van der Waals surface area contributed by atoms with Crippen LogP contribution in [-0.2, 0) is 11.3 Å². The van der Waals surface area contributed by atoms with Gasteiger partial charge in [-0.1, -0.05) is 17.7 Å². The van der Waals surface area contributed by atoms with Gasteiger partial charge < -0.3 is 14.8 Å². The summed E-state index contributed by atoms with van der Waals surface area (Å²) in [6.45, 7) is 7.79. The molecule has 2 aromatic rings. The standard InChI is InChI=1S/C16H21N3O2/c1-4-17-14-10-16(19-15(18-14)11-20-5-2)21-13-8-6-12(3)7-9-13/h6-10H,4-5,11H2,1-3H3,(H,17,18,19). The minimum absolute atomic E-state index is 0.375. The van der Waals surface area contributed by atoms with Crippen LogP contribution >= 0.6 is 0 Å². The molecule has 1 N–H and O–H groups in total. The number of hydrogen-bond acceptors (Lipinski definition) is 5. The van der Waals surface area contributed by atoms with Crippen LogP contribution < -0.4 is 10.1 Å². The lowest BCUT2D eigenvalue weighted by atomic mass is 10.2. The Balaban J connectivity index is 2.19. The highest BCUT2D eigenvalue weighted by Crippen LogP contribution is 2.22. The Hall–Kier alpha value is -2.14. The number of ether oxygens (including phenoxy) is 2. The molecule has 5 heteroatoms. The fraction of sp³-hybridized carbons (Fsp3) is 0.375. The maximum atomic E-state index is 5.79. The Morgan fingerprint density at radius 1 is 1.10 bits per heavy atom. The van der Waals surface area contributed by atoms with Crippen molar-refractivity contribution in [1.29, 1.82) is 0 Å². The maximum absolute atomic E-state index is 5.79. The molecule has 1 aromatic carbocycles. The van der Waals surface area contributed by atoms with Gasteiger partial charge in [0.05, 0.1) is 0 Å². The van der Waals surface area contributed by atoms with Crippen molar-refractivity contribution < 1.29 is 9.47 Å². The second-order valence-electron chi connectivity index (χ2n) is 4.59. The number of hydrogen-bond donors (Lipinski definition) is 1. The van der Waals surface area contributed by atoms with Gasteiger partial charge >= 0.3 is 0 Å². The lowest BCUT2D eigenvalue weighted by Crippen LogP contribution is -2.06. The molecule has 0 spiro atoms. The highest BCUT2D eigenvalue weighted by atomic mass is 16.5. The van der Waals surface area contributed by atoms with E-state index in [1.165, 1.54) is 5.56 Å². The monoisotopic (exact) mass is 287 g/mol. The predicted octanol–water partition coefficient (Wildman–Crippen LogP) is 3.55. The van der Waals surface area contributed by atoms with E-state index in [-0.39, 0.29) is 0 Å². The van der Waals surface area contributed by atoms with E-state index in [1.807, 2.05) is 45.0 Å². The van der Waals surface area contributed by atoms with Crippen LogP contribution in [0.3, 0.4) is 0 Å². The maximum Gasteiger partial charge on any atom is 0.224 e. The molecule has 0 aliphatic heterocycles. The quantitative estimate of drug-likeness (QED) is 0.844. The van der Waals surface area contributed by atoms with Crippen molar-refractivity contribution in [3.8, 4) is 11.6 Å². The van der Waals surface area contributed by atoms with Gasteiger partial charge in [-0.25, -0.2) is 4.98 Å². The van der Waals surface area contributed by atoms with Crippen molar-refractivity contribution in [1.82, 2.24) is 9.97 Å². The zero-order valence-corrected chi connectivity index (χ0v) is 12.7. The van der Waals surface area contributed by atoms with Crippen molar-refractivity contribution in [3.05, 3.63) is 41.7 Å². The van der Waals surface area contributed by atoms with E-state index in [0.29, 0.717) is 24.9 Å². The second kappa shape index (κ2) is 7.59. The predicted molar refractivity (Wildman–Crippen MR) is 82.8 cm³/mol. The van der Waals surface area contributed by atoms with Gasteiger partial charge in [0.1, 0.15) is 18.2 Å². The van der Waals surface area contributed by atoms with Crippen molar-refractivity contribution >= 4 is 5.82 Å². The van der Waals surface area contributed by atoms with E-state index in [0.717, 1.165) is 18.1 Å². The van der Waals surface area contributed by atoms with Crippen LogP contribution in [0.25, 0.3) is 0 Å². The number of rotatable bonds is 7. The van der Waals surface area contributed by atoms with Crippen molar-refractivity contribution in [3.63, 3.8) is 0 Å². The summed E-state index contributed by atoms with van der Waals surface area (Å²) in [5.41, 5.74) is 1.19. The molecule has 0 fully saturated rings. The minimum atomic E-state index is 0.375. The van der Waals surface area contributed by atoms with Crippen LogP contribution in [0.15, 0.2) is 30.3 Å². The van der Waals surface area contributed by atoms with E-state index < -0.39 is 0 Å². The van der Waals surface area contributed by atoms with Gasteiger partial charge in [-0.3, -0.25) is 0 Å². The molecule has 0 radical (unpaired) electrons. The SMILES string of the molecule is CCNc1cc(Oc2ccc(C)cc2)nc(COCC)n1. The lowest BCUT2D eigenvalue weighted by Gasteiger charge is -2.10. The van der Waals surface area contributed by atoms with E-state index in [9.17, 15) is 0 Å². The Morgan fingerprint density at radius 3 is 2.52 bits per heavy atom. The van der Waals surface area contributed by atoms with Gasteiger partial charge in [0, 0.05) is 19.2 Å². The summed E-state index contributed by atoms with van der Waals surface area (Å²) in [6.07, 6.45) is 0. The first kappa shape index (κ1) is 15.3. The molecule has 0 unspecified atom stereocenters. The normalized spacial score (nSPS) is 10.4. The molecule has 0 bridgehead atoms. The van der Waals surface area contributed by atoms with Gasteiger partial charge in [-0.2, -0.15) is 4.98 Å². The van der Waals surface area contributed by atoms with Crippen LogP contribution in [0, 0.1) is 6.92 Å². The second-order valence-corrected chi connectivity index (χ2v) is 4.59. The molecule has 112 valence electrons. The molecule has 1 heterocycles. The van der Waals surface area contributed by atoms with Crippen molar-refractivity contribution in [2.24, 2.45) is 0 Å². The van der Waals surface area contributed by atoms with Gasteiger partial charge in [0.2, 0.25) is 5.88 Å². The van der Waals surface area contributed by atoms with E-state index in [2.05, 4.69) is 15.3 Å². The largest absolute Gasteiger partial charge is 0.439 e. The average Bonchev–Trinajstić information content (AvgIpc) is 2.48. The molecular formula is C16H21N3O2. The molecule has 2 rings (SSSR count). The Bertz CT molecular complexity index is 570. The highest BCUT2D eigenvalue weighted by molar-refractivity contribution is 5.40. The molecule has 0 saturated heterocycles. The van der Waals surface area contributed by atoms with Gasteiger partial charge in [0.25, 0.3) is 0 Å². The summed E-state index contributed by atoms with van der Waals surface area (Å²) in [6, 6.07) is 9.64. The Labute approximate surface area is 125 Å². The van der Waals surface area contributed by atoms with Crippen LogP contribution in [0.2, 0.25) is 0 Å². The first-order valence-corrected chi connectivity index (χ1v) is 7.15. The first-order valence-electron chi connectivity index (χ1n) is 7.15. The molecule has 0 amide bonds. The fourth-order valence-electron chi connectivity index (χ4n) is 1.78. The third kappa shape index (κ3) is 4.72. The molecule has 0 aliphatic rings. The molecular weight excluding hydrogens is 266 g/mol. The zero-order chi connectivity index (χ0) is 15.1. The van der Waals surface area contributed by atoms with Crippen molar-refractivity contribution in [2.75, 3.05) is 18.5 Å². The average molecular weight is 287 g/mol. The molecule has 0 atom stereocenters. The summed E-state index contributed by atoms with van der Waals surface area (Å²) >= 11 is 0. The van der Waals surface area contributed by atoms with E-state index in [1.54, 1.807) is 6.07 Å². The first-order chi connectivity index (χ1) is 10.2. The number of benzene rings is 1. The number of nitrogens with one attached hydrogen (secondary N) is 1. The molecule has 5 nitrogen and oxygen atoms in total. The summed E-state index contributed by atoms with van der Waals surface area (Å²) in [4.78, 5) is 8.76. The van der Waals surface area contributed by atoms with E-state index in [4.69, 9.17) is 9.47 Å². The van der Waals surface area contributed by atoms with Crippen LogP contribution in [0.5, 0.6) is 11.6 Å². The molecule has 0 aliphatic carbocycles. The van der Waals surface area contributed by atoms with Crippen LogP contribution in [0.4, 0.5) is 5.82 Å².